The van der Waals surface area contributed by atoms with Crippen LogP contribution in [0.1, 0.15) is 40.0 Å². The lowest BCUT2D eigenvalue weighted by atomic mass is 10.3. The lowest BCUT2D eigenvalue weighted by molar-refractivity contribution is -0.0211. The van der Waals surface area contributed by atoms with Gasteiger partial charge < -0.3 is 9.47 Å². The Morgan fingerprint density at radius 2 is 1.85 bits per heavy atom. The number of unbranched alkanes of at least 4 members (excludes halogenated alkanes) is 2. The number of hydrogen-bond acceptors (Lipinski definition) is 2. The summed E-state index contributed by atoms with van der Waals surface area (Å²) in [6.07, 6.45) is 3.90. The molecule has 0 fully saturated rings. The van der Waals surface area contributed by atoms with Crippen molar-refractivity contribution >= 4 is 0 Å². The second kappa shape index (κ2) is 8.52. The van der Waals surface area contributed by atoms with Gasteiger partial charge in [0, 0.05) is 6.61 Å². The van der Waals surface area contributed by atoms with Crippen molar-refractivity contribution in [3.8, 4) is 0 Å². The molecule has 0 N–H and O–H groups in total. The van der Waals surface area contributed by atoms with E-state index in [-0.39, 0.29) is 12.2 Å². The van der Waals surface area contributed by atoms with Crippen LogP contribution in [0.2, 0.25) is 0 Å². The molecule has 0 saturated heterocycles. The van der Waals surface area contributed by atoms with E-state index in [0.717, 1.165) is 13.0 Å². The van der Waals surface area contributed by atoms with Crippen LogP contribution in [0.5, 0.6) is 0 Å². The fourth-order valence-corrected chi connectivity index (χ4v) is 0.984. The van der Waals surface area contributed by atoms with Crippen molar-refractivity contribution in [2.24, 2.45) is 0 Å². The lowest BCUT2D eigenvalue weighted by Crippen LogP contribution is -2.19. The minimum absolute atomic E-state index is 0.0571. The highest BCUT2D eigenvalue weighted by Gasteiger charge is 2.02. The van der Waals surface area contributed by atoms with E-state index in [1.54, 1.807) is 0 Å². The molecule has 0 aromatic rings. The normalized spacial score (nSPS) is 13.6. The van der Waals surface area contributed by atoms with Gasteiger partial charge in [0.15, 0.2) is 0 Å². The number of ether oxygens (including phenoxy) is 2. The van der Waals surface area contributed by atoms with Gasteiger partial charge in [0.2, 0.25) is 0 Å². The van der Waals surface area contributed by atoms with Crippen LogP contribution in [-0.4, -0.2) is 25.4 Å². The van der Waals surface area contributed by atoms with Crippen LogP contribution in [0.3, 0.4) is 0 Å². The standard InChI is InChI=1S/C11H23O2/c1-5-6-7-8-12-11(4)9-13-10(2)3/h10-11H,2,5-9H2,1,3-4H3. The fourth-order valence-electron chi connectivity index (χ4n) is 0.984. The minimum Gasteiger partial charge on any atom is -0.376 e. The lowest BCUT2D eigenvalue weighted by Gasteiger charge is -2.14. The highest BCUT2D eigenvalue weighted by atomic mass is 16.5. The van der Waals surface area contributed by atoms with Crippen LogP contribution in [0.15, 0.2) is 0 Å². The van der Waals surface area contributed by atoms with Crippen LogP contribution in [-0.2, 0) is 9.47 Å². The maximum absolute atomic E-state index is 5.54. The van der Waals surface area contributed by atoms with E-state index < -0.39 is 0 Å². The first-order chi connectivity index (χ1) is 6.16. The van der Waals surface area contributed by atoms with E-state index in [2.05, 4.69) is 13.8 Å². The fraction of sp³-hybridized carbons (Fsp3) is 0.909. The Bertz CT molecular complexity index is 102. The van der Waals surface area contributed by atoms with Crippen molar-refractivity contribution < 1.29 is 9.47 Å². The summed E-state index contributed by atoms with van der Waals surface area (Å²) in [4.78, 5) is 0. The molecule has 13 heavy (non-hydrogen) atoms. The van der Waals surface area contributed by atoms with Gasteiger partial charge in [-0.25, -0.2) is 0 Å². The van der Waals surface area contributed by atoms with Gasteiger partial charge in [0.05, 0.1) is 18.8 Å². The summed E-state index contributed by atoms with van der Waals surface area (Å²) in [5.74, 6) is 0. The average Bonchev–Trinajstić information content (AvgIpc) is 2.09. The molecule has 2 unspecified atom stereocenters. The topological polar surface area (TPSA) is 18.5 Å². The summed E-state index contributed by atoms with van der Waals surface area (Å²) in [6, 6.07) is 0. The monoisotopic (exact) mass is 187 g/mol. The quantitative estimate of drug-likeness (QED) is 0.544. The van der Waals surface area contributed by atoms with Crippen LogP contribution in [0.25, 0.3) is 0 Å². The molecule has 0 saturated carbocycles. The Kier molecular flexibility index (Phi) is 8.46. The van der Waals surface area contributed by atoms with Crippen molar-refractivity contribution in [3.63, 3.8) is 0 Å². The van der Waals surface area contributed by atoms with Crippen molar-refractivity contribution in [1.29, 1.82) is 0 Å². The van der Waals surface area contributed by atoms with Crippen molar-refractivity contribution in [2.45, 2.75) is 52.2 Å². The second-order valence-corrected chi connectivity index (χ2v) is 3.53. The molecule has 0 aliphatic rings. The average molecular weight is 187 g/mol. The molecule has 0 spiro atoms. The predicted octanol–water partition coefficient (Wildman–Crippen LogP) is 2.82. The summed E-state index contributed by atoms with van der Waals surface area (Å²) in [5.41, 5.74) is 0. The van der Waals surface area contributed by atoms with E-state index >= 15 is 0 Å². The third kappa shape index (κ3) is 9.84. The molecule has 2 heteroatoms. The molecule has 2 nitrogen and oxygen atoms in total. The molecule has 0 aliphatic carbocycles. The summed E-state index contributed by atoms with van der Waals surface area (Å²) >= 11 is 0. The maximum Gasteiger partial charge on any atom is 0.0780 e. The smallest absolute Gasteiger partial charge is 0.0780 e. The van der Waals surface area contributed by atoms with Crippen LogP contribution in [0, 0.1) is 6.92 Å². The van der Waals surface area contributed by atoms with E-state index in [1.165, 1.54) is 12.8 Å². The molecule has 0 heterocycles. The molecule has 0 aliphatic heterocycles. The van der Waals surface area contributed by atoms with Crippen LogP contribution >= 0.6 is 0 Å². The number of hydrogen-bond donors (Lipinski definition) is 0. The highest BCUT2D eigenvalue weighted by Crippen LogP contribution is 1.99. The van der Waals surface area contributed by atoms with Gasteiger partial charge in [-0.2, -0.15) is 0 Å². The van der Waals surface area contributed by atoms with Crippen LogP contribution < -0.4 is 0 Å². The van der Waals surface area contributed by atoms with Gasteiger partial charge in [0.1, 0.15) is 0 Å². The second-order valence-electron chi connectivity index (χ2n) is 3.53. The third-order valence-corrected chi connectivity index (χ3v) is 1.77. The first kappa shape index (κ1) is 12.9. The van der Waals surface area contributed by atoms with Gasteiger partial charge >= 0.3 is 0 Å². The Morgan fingerprint density at radius 3 is 2.38 bits per heavy atom. The van der Waals surface area contributed by atoms with Gasteiger partial charge in [-0.1, -0.05) is 19.8 Å². The predicted molar refractivity (Wildman–Crippen MR) is 55.7 cm³/mol. The molecule has 0 rings (SSSR count). The van der Waals surface area contributed by atoms with E-state index in [1.807, 2.05) is 13.8 Å². The molecule has 0 amide bonds. The Balaban J connectivity index is 3.15. The summed E-state index contributed by atoms with van der Waals surface area (Å²) in [6.45, 7) is 11.4. The van der Waals surface area contributed by atoms with Crippen molar-refractivity contribution in [1.82, 2.24) is 0 Å². The molecule has 1 radical (unpaired) electrons. The summed E-state index contributed by atoms with van der Waals surface area (Å²) < 4.78 is 10.9. The molecule has 0 bridgehead atoms. The zero-order valence-corrected chi connectivity index (χ0v) is 9.21. The summed E-state index contributed by atoms with van der Waals surface area (Å²) in [5, 5.41) is 0. The third-order valence-electron chi connectivity index (χ3n) is 1.77. The SMILES string of the molecule is [CH2]C(C)OCC(C)OCCCCC. The molecule has 0 aromatic heterocycles. The maximum atomic E-state index is 5.54. The first-order valence-electron chi connectivity index (χ1n) is 5.23. The zero-order chi connectivity index (χ0) is 10.1. The molecular formula is C11H23O2. The van der Waals surface area contributed by atoms with E-state index in [9.17, 15) is 0 Å². The Hall–Kier alpha value is -0.0800. The molecular weight excluding hydrogens is 164 g/mol. The van der Waals surface area contributed by atoms with E-state index in [0.29, 0.717) is 6.61 Å². The largest absolute Gasteiger partial charge is 0.376 e. The summed E-state index contributed by atoms with van der Waals surface area (Å²) in [7, 11) is 0. The van der Waals surface area contributed by atoms with Gasteiger partial charge in [-0.3, -0.25) is 0 Å². The minimum atomic E-state index is 0.0571. The van der Waals surface area contributed by atoms with Crippen LogP contribution in [0.4, 0.5) is 0 Å². The van der Waals surface area contributed by atoms with Crippen molar-refractivity contribution in [2.75, 3.05) is 13.2 Å². The van der Waals surface area contributed by atoms with Gasteiger partial charge in [-0.15, -0.1) is 0 Å². The number of rotatable bonds is 8. The van der Waals surface area contributed by atoms with E-state index in [4.69, 9.17) is 9.47 Å². The Labute approximate surface area is 82.6 Å². The first-order valence-corrected chi connectivity index (χ1v) is 5.23. The van der Waals surface area contributed by atoms with Gasteiger partial charge in [0.25, 0.3) is 0 Å². The van der Waals surface area contributed by atoms with Gasteiger partial charge in [-0.05, 0) is 27.2 Å². The molecule has 0 aromatic carbocycles. The Morgan fingerprint density at radius 1 is 1.15 bits per heavy atom. The molecule has 79 valence electrons. The zero-order valence-electron chi connectivity index (χ0n) is 9.21. The van der Waals surface area contributed by atoms with Crippen molar-refractivity contribution in [3.05, 3.63) is 6.92 Å². The highest BCUT2D eigenvalue weighted by molar-refractivity contribution is 4.53. The molecule has 2 atom stereocenters.